The third-order valence-electron chi connectivity index (χ3n) is 3.08. The predicted molar refractivity (Wildman–Crippen MR) is 73.5 cm³/mol. The maximum atomic E-state index is 13.6. The topological polar surface area (TPSA) is 46.3 Å². The summed E-state index contributed by atoms with van der Waals surface area (Å²) in [5.74, 6) is -1.08. The number of carbonyl (C=O) groups excluding carboxylic acids is 1. The molecular formula is C13H17FN2OS. The first kappa shape index (κ1) is 14.6. The van der Waals surface area contributed by atoms with Crippen LogP contribution in [0.25, 0.3) is 0 Å². The Hall–Kier alpha value is -1.49. The second-order valence-electron chi connectivity index (χ2n) is 4.27. The van der Waals surface area contributed by atoms with Crippen molar-refractivity contribution in [1.29, 1.82) is 0 Å². The number of rotatable bonds is 4. The van der Waals surface area contributed by atoms with E-state index in [-0.39, 0.29) is 22.8 Å². The summed E-state index contributed by atoms with van der Waals surface area (Å²) in [6.45, 7) is 3.41. The van der Waals surface area contributed by atoms with Crippen molar-refractivity contribution in [3.63, 3.8) is 0 Å². The van der Waals surface area contributed by atoms with E-state index in [0.29, 0.717) is 5.56 Å². The number of hydrogen-bond donors (Lipinski definition) is 1. The van der Waals surface area contributed by atoms with Crippen LogP contribution in [0.15, 0.2) is 24.3 Å². The summed E-state index contributed by atoms with van der Waals surface area (Å²) in [5.41, 5.74) is 5.93. The fraction of sp³-hybridized carbons (Fsp3) is 0.385. The summed E-state index contributed by atoms with van der Waals surface area (Å²) in [6, 6.07) is 6.03. The molecule has 1 rings (SSSR count). The maximum absolute atomic E-state index is 13.6. The Bertz CT molecular complexity index is 464. The number of nitrogens with zero attached hydrogens (tertiary/aromatic N) is 1. The highest BCUT2D eigenvalue weighted by Gasteiger charge is 2.25. The van der Waals surface area contributed by atoms with Gasteiger partial charge in [0.15, 0.2) is 0 Å². The van der Waals surface area contributed by atoms with Gasteiger partial charge in [-0.3, -0.25) is 4.79 Å². The van der Waals surface area contributed by atoms with E-state index in [1.165, 1.54) is 11.0 Å². The van der Waals surface area contributed by atoms with Crippen LogP contribution >= 0.6 is 12.2 Å². The lowest BCUT2D eigenvalue weighted by Crippen LogP contribution is -2.39. The van der Waals surface area contributed by atoms with Gasteiger partial charge < -0.3 is 10.6 Å². The number of carbonyl (C=O) groups is 1. The van der Waals surface area contributed by atoms with Crippen LogP contribution in [0, 0.1) is 11.7 Å². The molecule has 98 valence electrons. The van der Waals surface area contributed by atoms with Crippen molar-refractivity contribution in [2.45, 2.75) is 19.9 Å². The van der Waals surface area contributed by atoms with Crippen LogP contribution in [-0.4, -0.2) is 22.8 Å². The fourth-order valence-corrected chi connectivity index (χ4v) is 1.74. The monoisotopic (exact) mass is 268 g/mol. The van der Waals surface area contributed by atoms with Gasteiger partial charge in [0.1, 0.15) is 5.82 Å². The minimum absolute atomic E-state index is 0.146. The van der Waals surface area contributed by atoms with Crippen LogP contribution in [0.4, 0.5) is 4.39 Å². The molecule has 1 aromatic rings. The Balaban J connectivity index is 2.91. The molecule has 1 amide bonds. The van der Waals surface area contributed by atoms with Crippen LogP contribution in [0.3, 0.4) is 0 Å². The van der Waals surface area contributed by atoms with E-state index >= 15 is 0 Å². The quantitative estimate of drug-likeness (QED) is 0.852. The van der Waals surface area contributed by atoms with Gasteiger partial charge in [0, 0.05) is 12.6 Å². The second-order valence-corrected chi connectivity index (χ2v) is 4.74. The number of thiocarbonyl (C=S) groups is 1. The van der Waals surface area contributed by atoms with Gasteiger partial charge in [0.2, 0.25) is 5.91 Å². The molecule has 2 N–H and O–H groups in total. The van der Waals surface area contributed by atoms with Crippen molar-refractivity contribution in [2.24, 2.45) is 11.7 Å². The highest BCUT2D eigenvalue weighted by atomic mass is 32.1. The molecule has 2 unspecified atom stereocenters. The molecule has 0 saturated heterocycles. The molecule has 0 aliphatic heterocycles. The lowest BCUT2D eigenvalue weighted by atomic mass is 10.0. The smallest absolute Gasteiger partial charge is 0.232 e. The Morgan fingerprint density at radius 1 is 1.39 bits per heavy atom. The Morgan fingerprint density at radius 3 is 2.44 bits per heavy atom. The summed E-state index contributed by atoms with van der Waals surface area (Å²) < 4.78 is 13.6. The van der Waals surface area contributed by atoms with E-state index < -0.39 is 5.92 Å². The summed E-state index contributed by atoms with van der Waals surface area (Å²) >= 11 is 4.80. The molecular weight excluding hydrogens is 251 g/mol. The second kappa shape index (κ2) is 5.91. The van der Waals surface area contributed by atoms with Crippen LogP contribution < -0.4 is 5.73 Å². The van der Waals surface area contributed by atoms with Gasteiger partial charge >= 0.3 is 0 Å². The van der Waals surface area contributed by atoms with Gasteiger partial charge in [-0.15, -0.1) is 0 Å². The van der Waals surface area contributed by atoms with Crippen molar-refractivity contribution in [2.75, 3.05) is 7.05 Å². The average molecular weight is 268 g/mol. The molecule has 0 heterocycles. The molecule has 0 radical (unpaired) electrons. The molecule has 0 bridgehead atoms. The van der Waals surface area contributed by atoms with Crippen molar-refractivity contribution in [3.8, 4) is 0 Å². The highest BCUT2D eigenvalue weighted by Crippen LogP contribution is 2.22. The molecule has 3 nitrogen and oxygen atoms in total. The highest BCUT2D eigenvalue weighted by molar-refractivity contribution is 7.80. The molecule has 0 aliphatic rings. The van der Waals surface area contributed by atoms with Crippen LogP contribution in [0.5, 0.6) is 0 Å². The SMILES string of the molecule is CC(C(=O)N(C)C(C)c1ccccc1F)C(N)=S. The third-order valence-corrected chi connectivity index (χ3v) is 3.43. The molecule has 0 fully saturated rings. The van der Waals surface area contributed by atoms with E-state index in [2.05, 4.69) is 0 Å². The molecule has 1 aromatic carbocycles. The first-order valence-corrected chi connectivity index (χ1v) is 6.07. The van der Waals surface area contributed by atoms with Crippen molar-refractivity contribution in [1.82, 2.24) is 4.90 Å². The number of hydrogen-bond acceptors (Lipinski definition) is 2. The summed E-state index contributed by atoms with van der Waals surface area (Å²) in [7, 11) is 1.62. The first-order valence-electron chi connectivity index (χ1n) is 5.66. The average Bonchev–Trinajstić information content (AvgIpc) is 2.35. The Labute approximate surface area is 112 Å². The zero-order valence-electron chi connectivity index (χ0n) is 10.7. The maximum Gasteiger partial charge on any atom is 0.232 e. The molecule has 0 aliphatic carbocycles. The Kier molecular flexibility index (Phi) is 4.78. The summed E-state index contributed by atoms with van der Waals surface area (Å²) in [4.78, 5) is 13.7. The van der Waals surface area contributed by atoms with Gasteiger partial charge in [0.25, 0.3) is 0 Å². The van der Waals surface area contributed by atoms with Crippen LogP contribution in [0.2, 0.25) is 0 Å². The number of amides is 1. The van der Waals surface area contributed by atoms with E-state index in [1.807, 2.05) is 0 Å². The lowest BCUT2D eigenvalue weighted by Gasteiger charge is -2.28. The fourth-order valence-electron chi connectivity index (χ4n) is 1.64. The van der Waals surface area contributed by atoms with Crippen LogP contribution in [-0.2, 0) is 4.79 Å². The van der Waals surface area contributed by atoms with Gasteiger partial charge in [-0.2, -0.15) is 0 Å². The number of halogens is 1. The van der Waals surface area contributed by atoms with E-state index in [1.54, 1.807) is 39.1 Å². The van der Waals surface area contributed by atoms with Crippen molar-refractivity contribution in [3.05, 3.63) is 35.6 Å². The lowest BCUT2D eigenvalue weighted by molar-refractivity contribution is -0.133. The van der Waals surface area contributed by atoms with Gasteiger partial charge in [-0.1, -0.05) is 30.4 Å². The zero-order valence-corrected chi connectivity index (χ0v) is 11.5. The normalized spacial score (nSPS) is 13.8. The van der Waals surface area contributed by atoms with E-state index in [4.69, 9.17) is 18.0 Å². The minimum atomic E-state index is -0.542. The number of nitrogens with two attached hydrogens (primary N) is 1. The zero-order chi connectivity index (χ0) is 13.9. The van der Waals surface area contributed by atoms with E-state index in [9.17, 15) is 9.18 Å². The number of benzene rings is 1. The third kappa shape index (κ3) is 3.04. The molecule has 0 aromatic heterocycles. The van der Waals surface area contributed by atoms with E-state index in [0.717, 1.165) is 0 Å². The van der Waals surface area contributed by atoms with Gasteiger partial charge in [0.05, 0.1) is 16.9 Å². The van der Waals surface area contributed by atoms with Crippen LogP contribution in [0.1, 0.15) is 25.5 Å². The summed E-state index contributed by atoms with van der Waals surface area (Å²) in [6.07, 6.45) is 0. The summed E-state index contributed by atoms with van der Waals surface area (Å²) in [5, 5.41) is 0. The minimum Gasteiger partial charge on any atom is -0.393 e. The standard InChI is InChI=1S/C13H17FN2OS/c1-8(12(15)18)13(17)16(3)9(2)10-6-4-5-7-11(10)14/h4-9H,1-3H3,(H2,15,18). The van der Waals surface area contributed by atoms with Crippen molar-refractivity contribution >= 4 is 23.1 Å². The largest absolute Gasteiger partial charge is 0.393 e. The van der Waals surface area contributed by atoms with Gasteiger partial charge in [-0.05, 0) is 19.9 Å². The Morgan fingerprint density at radius 2 is 1.94 bits per heavy atom. The molecule has 18 heavy (non-hydrogen) atoms. The molecule has 5 heteroatoms. The molecule has 0 saturated carbocycles. The molecule has 0 spiro atoms. The first-order chi connectivity index (χ1) is 8.36. The molecule has 2 atom stereocenters. The predicted octanol–water partition coefficient (Wildman–Crippen LogP) is 2.27. The van der Waals surface area contributed by atoms with Crippen molar-refractivity contribution < 1.29 is 9.18 Å². The van der Waals surface area contributed by atoms with Gasteiger partial charge in [-0.25, -0.2) is 4.39 Å².